The van der Waals surface area contributed by atoms with Crippen LogP contribution in [0.3, 0.4) is 0 Å². The molecule has 6 heteroatoms. The van der Waals surface area contributed by atoms with E-state index in [1.807, 2.05) is 45.6 Å². The van der Waals surface area contributed by atoms with Gasteiger partial charge < -0.3 is 9.88 Å². The quantitative estimate of drug-likeness (QED) is 0.602. The van der Waals surface area contributed by atoms with Gasteiger partial charge in [0, 0.05) is 36.3 Å². The number of nitrogens with one attached hydrogen (secondary N) is 1. The molecule has 4 aromatic rings. The Morgan fingerprint density at radius 2 is 2.00 bits per heavy atom. The van der Waals surface area contributed by atoms with E-state index >= 15 is 0 Å². The molecule has 0 amide bonds. The van der Waals surface area contributed by atoms with Gasteiger partial charge in [-0.3, -0.25) is 0 Å². The fourth-order valence-corrected chi connectivity index (χ4v) is 2.94. The first-order chi connectivity index (χ1) is 12.8. The third kappa shape index (κ3) is 2.91. The number of nitriles is 1. The molecule has 3 heterocycles. The van der Waals surface area contributed by atoms with Crippen LogP contribution in [0.25, 0.3) is 11.3 Å². The van der Waals surface area contributed by atoms with E-state index in [4.69, 9.17) is 5.26 Å². The third-order valence-corrected chi connectivity index (χ3v) is 4.33. The number of nitrogens with zero attached hydrogens (tertiary/aromatic N) is 5. The van der Waals surface area contributed by atoms with Crippen molar-refractivity contribution in [2.24, 2.45) is 0 Å². The van der Waals surface area contributed by atoms with E-state index in [0.29, 0.717) is 12.2 Å². The summed E-state index contributed by atoms with van der Waals surface area (Å²) in [4.78, 5) is 4.56. The summed E-state index contributed by atoms with van der Waals surface area (Å²) in [5, 5.41) is 16.9. The average Bonchev–Trinajstić information content (AvgIpc) is 3.35. The van der Waals surface area contributed by atoms with Crippen LogP contribution in [0.15, 0.2) is 60.9 Å². The number of hydrogen-bond acceptors (Lipinski definition) is 4. The van der Waals surface area contributed by atoms with E-state index in [1.54, 1.807) is 12.3 Å². The predicted octanol–water partition coefficient (Wildman–Crippen LogP) is 3.57. The lowest BCUT2D eigenvalue weighted by atomic mass is 10.2. The predicted molar refractivity (Wildman–Crippen MR) is 100 cm³/mol. The number of hydrogen-bond donors (Lipinski definition) is 1. The van der Waals surface area contributed by atoms with Crippen molar-refractivity contribution in [3.8, 4) is 11.8 Å². The molecule has 0 aliphatic rings. The van der Waals surface area contributed by atoms with Crippen LogP contribution in [-0.2, 0) is 13.0 Å². The highest BCUT2D eigenvalue weighted by Crippen LogP contribution is 2.16. The van der Waals surface area contributed by atoms with Gasteiger partial charge in [-0.2, -0.15) is 14.9 Å². The smallest absolute Gasteiger partial charge is 0.157 e. The number of benzene rings is 1. The lowest BCUT2D eigenvalue weighted by molar-refractivity contribution is 0.902. The van der Waals surface area contributed by atoms with Gasteiger partial charge in [-0.25, -0.2) is 4.98 Å². The van der Waals surface area contributed by atoms with E-state index in [2.05, 4.69) is 40.5 Å². The van der Waals surface area contributed by atoms with E-state index in [-0.39, 0.29) is 0 Å². The fraction of sp³-hybridized carbons (Fsp3) is 0.150. The Labute approximate surface area is 151 Å². The lowest BCUT2D eigenvalue weighted by Crippen LogP contribution is -2.07. The Balaban J connectivity index is 1.54. The Hall–Kier alpha value is -3.59. The minimum Gasteiger partial charge on any atom is -0.366 e. The lowest BCUT2D eigenvalue weighted by Gasteiger charge is -2.11. The molecule has 0 aliphatic carbocycles. The van der Waals surface area contributed by atoms with Crippen LogP contribution >= 0.6 is 0 Å². The second-order valence-corrected chi connectivity index (χ2v) is 5.98. The Kier molecular flexibility index (Phi) is 4.12. The molecule has 0 fully saturated rings. The standard InChI is InChI=1S/C20H18N6/c1-2-16-12-20(26-19(24-16)9-10-23-26)22-14-15-5-7-17(8-6-15)25-11-3-4-18(25)13-21/h3-12,22H,2,14H2,1H3. The van der Waals surface area contributed by atoms with Crippen molar-refractivity contribution in [2.75, 3.05) is 5.32 Å². The first-order valence-corrected chi connectivity index (χ1v) is 8.53. The molecule has 3 aromatic heterocycles. The molecule has 0 saturated carbocycles. The number of fused-ring (bicyclic) bond motifs is 1. The maximum atomic E-state index is 9.15. The Morgan fingerprint density at radius 1 is 1.15 bits per heavy atom. The van der Waals surface area contributed by atoms with Gasteiger partial charge in [0.2, 0.25) is 0 Å². The van der Waals surface area contributed by atoms with Gasteiger partial charge in [0.1, 0.15) is 17.6 Å². The highest BCUT2D eigenvalue weighted by atomic mass is 15.3. The summed E-state index contributed by atoms with van der Waals surface area (Å²) >= 11 is 0. The van der Waals surface area contributed by atoms with Crippen LogP contribution in [0.2, 0.25) is 0 Å². The average molecular weight is 342 g/mol. The van der Waals surface area contributed by atoms with Crippen molar-refractivity contribution in [1.29, 1.82) is 5.26 Å². The van der Waals surface area contributed by atoms with Crippen molar-refractivity contribution in [1.82, 2.24) is 19.2 Å². The van der Waals surface area contributed by atoms with Gasteiger partial charge in [-0.1, -0.05) is 19.1 Å². The molecule has 0 atom stereocenters. The second-order valence-electron chi connectivity index (χ2n) is 5.98. The highest BCUT2D eigenvalue weighted by Gasteiger charge is 2.06. The fourth-order valence-electron chi connectivity index (χ4n) is 2.94. The van der Waals surface area contributed by atoms with Gasteiger partial charge in [0.05, 0.1) is 6.20 Å². The van der Waals surface area contributed by atoms with Crippen LogP contribution in [0.1, 0.15) is 23.9 Å². The van der Waals surface area contributed by atoms with E-state index < -0.39 is 0 Å². The topological polar surface area (TPSA) is 70.9 Å². The maximum absolute atomic E-state index is 9.15. The Morgan fingerprint density at radius 3 is 2.77 bits per heavy atom. The molecule has 0 spiro atoms. The third-order valence-electron chi connectivity index (χ3n) is 4.33. The molecule has 128 valence electrons. The van der Waals surface area contributed by atoms with Crippen molar-refractivity contribution >= 4 is 11.5 Å². The number of aryl methyl sites for hydroxylation is 1. The molecule has 1 aromatic carbocycles. The zero-order chi connectivity index (χ0) is 17.9. The molecule has 0 radical (unpaired) electrons. The summed E-state index contributed by atoms with van der Waals surface area (Å²) in [7, 11) is 0. The molecule has 6 nitrogen and oxygen atoms in total. The van der Waals surface area contributed by atoms with Crippen LogP contribution in [-0.4, -0.2) is 19.2 Å². The molecule has 0 aliphatic heterocycles. The number of anilines is 1. The monoisotopic (exact) mass is 342 g/mol. The zero-order valence-corrected chi connectivity index (χ0v) is 14.4. The molecule has 1 N–H and O–H groups in total. The normalized spacial score (nSPS) is 10.8. The van der Waals surface area contributed by atoms with E-state index in [0.717, 1.165) is 34.8 Å². The first kappa shape index (κ1) is 15.9. The molecular formula is C20H18N6. The molecular weight excluding hydrogens is 324 g/mol. The molecule has 0 unspecified atom stereocenters. The maximum Gasteiger partial charge on any atom is 0.157 e. The highest BCUT2D eigenvalue weighted by molar-refractivity contribution is 5.49. The zero-order valence-electron chi connectivity index (χ0n) is 14.4. The minimum absolute atomic E-state index is 0.626. The van der Waals surface area contributed by atoms with Gasteiger partial charge in [-0.15, -0.1) is 0 Å². The van der Waals surface area contributed by atoms with Gasteiger partial charge in [0.15, 0.2) is 5.65 Å². The number of rotatable bonds is 5. The van der Waals surface area contributed by atoms with Crippen molar-refractivity contribution in [3.05, 3.63) is 77.9 Å². The molecule has 0 bridgehead atoms. The Bertz CT molecular complexity index is 1080. The molecule has 26 heavy (non-hydrogen) atoms. The SMILES string of the molecule is CCc1cc(NCc2ccc(-n3cccc3C#N)cc2)n2nccc2n1. The molecule has 0 saturated heterocycles. The summed E-state index contributed by atoms with van der Waals surface area (Å²) in [5.74, 6) is 0.929. The largest absolute Gasteiger partial charge is 0.366 e. The summed E-state index contributed by atoms with van der Waals surface area (Å²) < 4.78 is 3.69. The van der Waals surface area contributed by atoms with Gasteiger partial charge >= 0.3 is 0 Å². The van der Waals surface area contributed by atoms with Crippen molar-refractivity contribution in [2.45, 2.75) is 19.9 Å². The van der Waals surface area contributed by atoms with Gasteiger partial charge in [0.25, 0.3) is 0 Å². The first-order valence-electron chi connectivity index (χ1n) is 8.53. The van der Waals surface area contributed by atoms with Crippen LogP contribution < -0.4 is 5.32 Å². The van der Waals surface area contributed by atoms with E-state index in [9.17, 15) is 0 Å². The summed E-state index contributed by atoms with van der Waals surface area (Å²) in [6.07, 6.45) is 4.53. The summed E-state index contributed by atoms with van der Waals surface area (Å²) in [6, 6.07) is 18.0. The summed E-state index contributed by atoms with van der Waals surface area (Å²) in [6.45, 7) is 2.77. The van der Waals surface area contributed by atoms with E-state index in [1.165, 1.54) is 0 Å². The number of aromatic nitrogens is 4. The molecule has 4 rings (SSSR count). The van der Waals surface area contributed by atoms with Crippen LogP contribution in [0.4, 0.5) is 5.82 Å². The minimum atomic E-state index is 0.626. The summed E-state index contributed by atoms with van der Waals surface area (Å²) in [5.41, 5.74) is 4.63. The van der Waals surface area contributed by atoms with Gasteiger partial charge in [-0.05, 0) is 36.2 Å². The van der Waals surface area contributed by atoms with Crippen LogP contribution in [0.5, 0.6) is 0 Å². The second kappa shape index (κ2) is 6.73. The van der Waals surface area contributed by atoms with Crippen molar-refractivity contribution in [3.63, 3.8) is 0 Å². The van der Waals surface area contributed by atoms with Crippen molar-refractivity contribution < 1.29 is 0 Å². The van der Waals surface area contributed by atoms with Crippen LogP contribution in [0, 0.1) is 11.3 Å².